The summed E-state index contributed by atoms with van der Waals surface area (Å²) in [5.41, 5.74) is 1.17. The van der Waals surface area contributed by atoms with Crippen LogP contribution in [0.5, 0.6) is 11.6 Å². The van der Waals surface area contributed by atoms with Crippen LogP contribution in [0.4, 0.5) is 0 Å². The lowest BCUT2D eigenvalue weighted by Crippen LogP contribution is -2.16. The molecule has 0 spiro atoms. The zero-order valence-electron chi connectivity index (χ0n) is 13.1. The van der Waals surface area contributed by atoms with Crippen molar-refractivity contribution in [1.29, 1.82) is 0 Å². The zero-order valence-corrected chi connectivity index (χ0v) is 14.7. The van der Waals surface area contributed by atoms with Gasteiger partial charge in [-0.25, -0.2) is 4.98 Å². The lowest BCUT2D eigenvalue weighted by atomic mass is 9.96. The molecule has 0 aliphatic heterocycles. The van der Waals surface area contributed by atoms with Crippen molar-refractivity contribution in [3.63, 3.8) is 0 Å². The van der Waals surface area contributed by atoms with Crippen molar-refractivity contribution < 1.29 is 4.74 Å². The maximum Gasteiger partial charge on any atom is 0.223 e. The van der Waals surface area contributed by atoms with Crippen molar-refractivity contribution in [3.8, 4) is 11.6 Å². The summed E-state index contributed by atoms with van der Waals surface area (Å²) < 4.78 is 6.58. The summed E-state index contributed by atoms with van der Waals surface area (Å²) in [7, 11) is 0. The van der Waals surface area contributed by atoms with Gasteiger partial charge in [-0.15, -0.1) is 0 Å². The third-order valence-electron chi connectivity index (χ3n) is 3.11. The molecule has 0 fully saturated rings. The van der Waals surface area contributed by atoms with Crippen LogP contribution < -0.4 is 4.74 Å². The van der Waals surface area contributed by atoms with Gasteiger partial charge in [-0.3, -0.25) is 0 Å². The molecule has 0 amide bonds. The van der Waals surface area contributed by atoms with E-state index in [4.69, 9.17) is 4.74 Å². The van der Waals surface area contributed by atoms with Crippen LogP contribution in [-0.2, 0) is 5.41 Å². The predicted molar refractivity (Wildman–Crippen MR) is 89.0 cm³/mol. The monoisotopic (exact) mass is 348 g/mol. The molecule has 1 heterocycles. The Kier molecular flexibility index (Phi) is 4.67. The van der Waals surface area contributed by atoms with Gasteiger partial charge in [0, 0.05) is 11.5 Å². The predicted octanol–water partition coefficient (Wildman–Crippen LogP) is 5.45. The molecule has 112 valence electrons. The first-order chi connectivity index (χ1) is 9.75. The second-order valence-electron chi connectivity index (χ2n) is 6.43. The molecule has 0 bridgehead atoms. The van der Waals surface area contributed by atoms with E-state index in [-0.39, 0.29) is 5.41 Å². The average molecular weight is 349 g/mol. The number of benzene rings is 1. The molecule has 1 aromatic heterocycles. The smallest absolute Gasteiger partial charge is 0.223 e. The Morgan fingerprint density at radius 2 is 1.67 bits per heavy atom. The lowest BCUT2D eigenvalue weighted by Gasteiger charge is -2.17. The molecular weight excluding hydrogens is 328 g/mol. The van der Waals surface area contributed by atoms with Gasteiger partial charge >= 0.3 is 0 Å². The molecule has 2 aromatic rings. The lowest BCUT2D eigenvalue weighted by molar-refractivity contribution is 0.444. The number of rotatable bonds is 3. The zero-order chi connectivity index (χ0) is 15.6. The summed E-state index contributed by atoms with van der Waals surface area (Å²) in [5, 5.41) is 0. The second-order valence-corrected chi connectivity index (χ2v) is 7.24. The Morgan fingerprint density at radius 3 is 2.19 bits per heavy atom. The number of halogens is 1. The highest BCUT2D eigenvalue weighted by Crippen LogP contribution is 2.27. The van der Waals surface area contributed by atoms with E-state index in [9.17, 15) is 0 Å². The van der Waals surface area contributed by atoms with Crippen molar-refractivity contribution in [1.82, 2.24) is 9.97 Å². The number of nitrogens with zero attached hydrogens (tertiary/aromatic N) is 2. The van der Waals surface area contributed by atoms with E-state index in [0.29, 0.717) is 11.8 Å². The molecule has 0 aliphatic rings. The number of aromatic nitrogens is 2. The van der Waals surface area contributed by atoms with E-state index in [2.05, 4.69) is 72.6 Å². The number of hydrogen-bond donors (Lipinski definition) is 0. The van der Waals surface area contributed by atoms with E-state index in [0.717, 1.165) is 16.2 Å². The molecule has 21 heavy (non-hydrogen) atoms. The standard InChI is InChI=1S/C17H21BrN2O/c1-11(2)12-6-8-13(9-7-12)21-15-10-14(18)19-16(20-15)17(3,4)5/h6-11H,1-5H3. The average Bonchev–Trinajstić information content (AvgIpc) is 2.37. The van der Waals surface area contributed by atoms with Gasteiger partial charge in [0.1, 0.15) is 16.2 Å². The fraction of sp³-hybridized carbons (Fsp3) is 0.412. The van der Waals surface area contributed by atoms with Crippen LogP contribution in [0.2, 0.25) is 0 Å². The van der Waals surface area contributed by atoms with Crippen LogP contribution in [0.25, 0.3) is 0 Å². The Bertz CT molecular complexity index is 616. The fourth-order valence-corrected chi connectivity index (χ4v) is 2.19. The first kappa shape index (κ1) is 16.0. The maximum atomic E-state index is 5.85. The van der Waals surface area contributed by atoms with Crippen LogP contribution in [0.3, 0.4) is 0 Å². The summed E-state index contributed by atoms with van der Waals surface area (Å²) in [6.07, 6.45) is 0. The molecule has 0 atom stereocenters. The fourth-order valence-electron chi connectivity index (χ4n) is 1.83. The Hall–Kier alpha value is -1.42. The summed E-state index contributed by atoms with van der Waals surface area (Å²) in [6, 6.07) is 9.90. The first-order valence-electron chi connectivity index (χ1n) is 7.08. The molecule has 0 saturated heterocycles. The molecule has 0 unspecified atom stereocenters. The third kappa shape index (κ3) is 4.27. The van der Waals surface area contributed by atoms with Crippen molar-refractivity contribution >= 4 is 15.9 Å². The Morgan fingerprint density at radius 1 is 1.05 bits per heavy atom. The van der Waals surface area contributed by atoms with Gasteiger partial charge in [-0.2, -0.15) is 4.98 Å². The number of hydrogen-bond acceptors (Lipinski definition) is 3. The van der Waals surface area contributed by atoms with Gasteiger partial charge in [0.15, 0.2) is 0 Å². The molecular formula is C17H21BrN2O. The van der Waals surface area contributed by atoms with Crippen LogP contribution in [-0.4, -0.2) is 9.97 Å². The summed E-state index contributed by atoms with van der Waals surface area (Å²) >= 11 is 3.42. The molecule has 3 nitrogen and oxygen atoms in total. The Labute approximate surface area is 134 Å². The van der Waals surface area contributed by atoms with Crippen LogP contribution in [0, 0.1) is 0 Å². The minimum Gasteiger partial charge on any atom is -0.439 e. The van der Waals surface area contributed by atoms with Crippen LogP contribution >= 0.6 is 15.9 Å². The van der Waals surface area contributed by atoms with E-state index in [1.165, 1.54) is 5.56 Å². The molecule has 0 radical (unpaired) electrons. The van der Waals surface area contributed by atoms with Gasteiger partial charge in [0.2, 0.25) is 5.88 Å². The van der Waals surface area contributed by atoms with E-state index < -0.39 is 0 Å². The summed E-state index contributed by atoms with van der Waals surface area (Å²) in [5.74, 6) is 2.61. The van der Waals surface area contributed by atoms with Crippen molar-refractivity contribution in [2.45, 2.75) is 46.0 Å². The molecule has 4 heteroatoms. The largest absolute Gasteiger partial charge is 0.439 e. The van der Waals surface area contributed by atoms with Crippen molar-refractivity contribution in [3.05, 3.63) is 46.3 Å². The SMILES string of the molecule is CC(C)c1ccc(Oc2cc(Br)nc(C(C)(C)C)n2)cc1. The quantitative estimate of drug-likeness (QED) is 0.691. The summed E-state index contributed by atoms with van der Waals surface area (Å²) in [6.45, 7) is 10.6. The van der Waals surface area contributed by atoms with Crippen molar-refractivity contribution in [2.24, 2.45) is 0 Å². The van der Waals surface area contributed by atoms with E-state index in [1.807, 2.05) is 12.1 Å². The minimum absolute atomic E-state index is 0.122. The van der Waals surface area contributed by atoms with Gasteiger partial charge in [0.05, 0.1) is 0 Å². The molecule has 1 aromatic carbocycles. The highest BCUT2D eigenvalue weighted by Gasteiger charge is 2.19. The van der Waals surface area contributed by atoms with Gasteiger partial charge in [0.25, 0.3) is 0 Å². The van der Waals surface area contributed by atoms with E-state index >= 15 is 0 Å². The maximum absolute atomic E-state index is 5.85. The Balaban J connectivity index is 2.25. The van der Waals surface area contributed by atoms with Gasteiger partial charge in [-0.05, 0) is 39.5 Å². The third-order valence-corrected chi connectivity index (χ3v) is 3.52. The van der Waals surface area contributed by atoms with Crippen LogP contribution in [0.15, 0.2) is 34.9 Å². The highest BCUT2D eigenvalue weighted by molar-refractivity contribution is 9.10. The second kappa shape index (κ2) is 6.14. The van der Waals surface area contributed by atoms with E-state index in [1.54, 1.807) is 6.07 Å². The number of ether oxygens (including phenoxy) is 1. The minimum atomic E-state index is -0.122. The highest BCUT2D eigenvalue weighted by atomic mass is 79.9. The van der Waals surface area contributed by atoms with Crippen molar-refractivity contribution in [2.75, 3.05) is 0 Å². The molecule has 0 N–H and O–H groups in total. The molecule has 0 saturated carbocycles. The summed E-state index contributed by atoms with van der Waals surface area (Å²) in [4.78, 5) is 8.90. The van der Waals surface area contributed by atoms with Gasteiger partial charge in [-0.1, -0.05) is 46.8 Å². The van der Waals surface area contributed by atoms with Crippen LogP contribution in [0.1, 0.15) is 51.9 Å². The molecule has 0 aliphatic carbocycles. The molecule has 2 rings (SSSR count). The first-order valence-corrected chi connectivity index (χ1v) is 7.88. The van der Waals surface area contributed by atoms with Gasteiger partial charge < -0.3 is 4.74 Å². The topological polar surface area (TPSA) is 35.0 Å². The normalized spacial score (nSPS) is 11.8.